The molecule has 0 radical (unpaired) electrons. The lowest BCUT2D eigenvalue weighted by Gasteiger charge is -2.15. The van der Waals surface area contributed by atoms with E-state index in [-0.39, 0.29) is 29.9 Å². The number of anilines is 2. The van der Waals surface area contributed by atoms with Crippen LogP contribution in [0.15, 0.2) is 58.4 Å². The van der Waals surface area contributed by atoms with Crippen LogP contribution in [-0.4, -0.2) is 52.6 Å². The van der Waals surface area contributed by atoms with Gasteiger partial charge in [0.1, 0.15) is 18.5 Å². The second-order valence-electron chi connectivity index (χ2n) is 7.56. The quantitative estimate of drug-likeness (QED) is 0.440. The molecule has 182 valence electrons. The van der Waals surface area contributed by atoms with E-state index in [0.717, 1.165) is 12.8 Å². The zero-order valence-corrected chi connectivity index (χ0v) is 19.9. The zero-order valence-electron chi connectivity index (χ0n) is 19.0. The van der Waals surface area contributed by atoms with Crippen LogP contribution in [0.3, 0.4) is 0 Å². The van der Waals surface area contributed by atoms with Crippen LogP contribution in [0.2, 0.25) is 0 Å². The number of aliphatic imine (C=N–C) groups is 1. The molecule has 1 aliphatic heterocycles. The number of hydrogen-bond donors (Lipinski definition) is 3. The number of amides is 2. The number of sulfonamides is 1. The number of ether oxygens (including phenoxy) is 2. The van der Waals surface area contributed by atoms with Crippen molar-refractivity contribution < 1.29 is 27.5 Å². The molecule has 3 N–H and O–H groups in total. The van der Waals surface area contributed by atoms with E-state index < -0.39 is 22.2 Å². The summed E-state index contributed by atoms with van der Waals surface area (Å²) in [6.07, 6.45) is 1.39. The number of carbonyl (C=O) groups is 2. The maximum Gasteiger partial charge on any atom is 0.411 e. The smallest absolute Gasteiger partial charge is 0.411 e. The number of nitrogens with zero attached hydrogens (tertiary/aromatic N) is 1. The third kappa shape index (κ3) is 6.55. The van der Waals surface area contributed by atoms with Gasteiger partial charge in [0, 0.05) is 24.0 Å². The number of nitrogens with one attached hydrogen (secondary N) is 3. The van der Waals surface area contributed by atoms with E-state index in [1.54, 1.807) is 42.5 Å². The molecule has 3 rings (SSSR count). The zero-order chi connectivity index (χ0) is 24.6. The van der Waals surface area contributed by atoms with E-state index in [2.05, 4.69) is 20.3 Å². The molecule has 0 bridgehead atoms. The summed E-state index contributed by atoms with van der Waals surface area (Å²) in [5, 5.41) is 5.38. The minimum Gasteiger partial charge on any atom is -0.447 e. The number of methoxy groups -OCH3 is 1. The fraction of sp³-hybridized carbons (Fsp3) is 0.348. The summed E-state index contributed by atoms with van der Waals surface area (Å²) in [6, 6.07) is 12.3. The molecule has 11 heteroatoms. The largest absolute Gasteiger partial charge is 0.447 e. The lowest BCUT2D eigenvalue weighted by Crippen LogP contribution is -2.30. The second-order valence-corrected chi connectivity index (χ2v) is 9.21. The van der Waals surface area contributed by atoms with Gasteiger partial charge < -0.3 is 14.8 Å². The summed E-state index contributed by atoms with van der Waals surface area (Å²) in [4.78, 5) is 29.5. The van der Waals surface area contributed by atoms with Crippen LogP contribution < -0.4 is 15.4 Å². The highest BCUT2D eigenvalue weighted by Crippen LogP contribution is 2.24. The first-order valence-electron chi connectivity index (χ1n) is 10.9. The highest BCUT2D eigenvalue weighted by molar-refractivity contribution is 7.90. The number of unbranched alkanes of at least 4 members (excludes halogenated alkanes) is 1. The minimum atomic E-state index is -3.70. The molecule has 1 atom stereocenters. The molecule has 2 aromatic carbocycles. The molecule has 0 saturated heterocycles. The van der Waals surface area contributed by atoms with E-state index in [1.165, 1.54) is 13.2 Å². The molecule has 0 saturated carbocycles. The van der Waals surface area contributed by atoms with E-state index in [1.807, 2.05) is 6.92 Å². The van der Waals surface area contributed by atoms with Crippen LogP contribution in [-0.2, 0) is 24.3 Å². The van der Waals surface area contributed by atoms with Gasteiger partial charge >= 0.3 is 6.09 Å². The molecule has 10 nitrogen and oxygen atoms in total. The lowest BCUT2D eigenvalue weighted by atomic mass is 10.1. The Morgan fingerprint density at radius 3 is 2.53 bits per heavy atom. The number of hydrogen-bond acceptors (Lipinski definition) is 7. The molecule has 2 amide bonds. The molecular formula is C23H28N4O6S. The van der Waals surface area contributed by atoms with Gasteiger partial charge in [0.05, 0.1) is 11.5 Å². The van der Waals surface area contributed by atoms with Crippen molar-refractivity contribution in [3.8, 4) is 0 Å². The highest BCUT2D eigenvalue weighted by Gasteiger charge is 2.31. The number of fused-ring (bicyclic) bond motifs is 1. The van der Waals surface area contributed by atoms with Crippen molar-refractivity contribution in [2.75, 3.05) is 31.0 Å². The maximum atomic E-state index is 13.1. The molecule has 1 aliphatic rings. The Bertz CT molecular complexity index is 1170. The van der Waals surface area contributed by atoms with Crippen LogP contribution >= 0.6 is 0 Å². The van der Waals surface area contributed by atoms with Gasteiger partial charge in [-0.2, -0.15) is 0 Å². The van der Waals surface area contributed by atoms with Gasteiger partial charge in [0.15, 0.2) is 0 Å². The first-order valence-corrected chi connectivity index (χ1v) is 12.4. The Morgan fingerprint density at radius 1 is 1.06 bits per heavy atom. The average Bonchev–Trinajstić information content (AvgIpc) is 3.07. The van der Waals surface area contributed by atoms with Gasteiger partial charge in [-0.25, -0.2) is 13.2 Å². The number of rotatable bonds is 10. The molecule has 34 heavy (non-hydrogen) atoms. The van der Waals surface area contributed by atoms with Gasteiger partial charge in [-0.1, -0.05) is 38.0 Å². The van der Waals surface area contributed by atoms with Crippen LogP contribution in [0, 0.1) is 0 Å². The predicted molar refractivity (Wildman–Crippen MR) is 129 cm³/mol. The van der Waals surface area contributed by atoms with Crippen molar-refractivity contribution in [3.63, 3.8) is 0 Å². The standard InChI is InChI=1S/C23H28N4O6S/c1-3-4-11-19(26-21-18-10-5-6-12-20(18)34(30,31)27-21)22(28)24-16-8-7-9-17(15-16)25-23(29)33-14-13-32-2/h5-10,12,15,19H,3-4,11,13-14H2,1-2H3,(H,24,28)(H,25,29)(H,26,27). The molecule has 1 unspecified atom stereocenters. The van der Waals surface area contributed by atoms with E-state index >= 15 is 0 Å². The highest BCUT2D eigenvalue weighted by atomic mass is 32.2. The average molecular weight is 489 g/mol. The Kier molecular flexibility index (Phi) is 8.61. The third-order valence-electron chi connectivity index (χ3n) is 4.98. The fourth-order valence-electron chi connectivity index (χ4n) is 3.31. The van der Waals surface area contributed by atoms with Crippen molar-refractivity contribution in [2.45, 2.75) is 37.1 Å². The summed E-state index contributed by atoms with van der Waals surface area (Å²) < 4.78 is 37.0. The second kappa shape index (κ2) is 11.6. The first-order chi connectivity index (χ1) is 16.3. The van der Waals surface area contributed by atoms with Gasteiger partial charge in [0.2, 0.25) is 5.91 Å². The first kappa shape index (κ1) is 25.2. The van der Waals surface area contributed by atoms with E-state index in [0.29, 0.717) is 23.4 Å². The molecule has 0 spiro atoms. The monoisotopic (exact) mass is 488 g/mol. The van der Waals surface area contributed by atoms with Gasteiger partial charge in [-0.15, -0.1) is 0 Å². The van der Waals surface area contributed by atoms with Crippen molar-refractivity contribution in [1.82, 2.24) is 4.72 Å². The summed E-state index contributed by atoms with van der Waals surface area (Å²) in [5.41, 5.74) is 1.33. The fourth-order valence-corrected chi connectivity index (χ4v) is 4.55. The minimum absolute atomic E-state index is 0.116. The van der Waals surface area contributed by atoms with Crippen molar-refractivity contribution in [2.24, 2.45) is 4.99 Å². The third-order valence-corrected chi connectivity index (χ3v) is 6.38. The van der Waals surface area contributed by atoms with Crippen LogP contribution in [0.5, 0.6) is 0 Å². The van der Waals surface area contributed by atoms with Gasteiger partial charge in [-0.05, 0) is 36.8 Å². The Hall–Kier alpha value is -3.44. The normalized spacial score (nSPS) is 15.8. The Labute approximate surface area is 198 Å². The van der Waals surface area contributed by atoms with Gasteiger partial charge in [-0.3, -0.25) is 19.8 Å². The van der Waals surface area contributed by atoms with Crippen LogP contribution in [0.1, 0.15) is 31.7 Å². The Morgan fingerprint density at radius 2 is 1.79 bits per heavy atom. The molecule has 0 aliphatic carbocycles. The molecule has 1 heterocycles. The Balaban J connectivity index is 1.75. The summed E-state index contributed by atoms with van der Waals surface area (Å²) in [5.74, 6) is -0.231. The van der Waals surface area contributed by atoms with Crippen molar-refractivity contribution >= 4 is 39.2 Å². The number of carbonyl (C=O) groups excluding carboxylic acids is 2. The number of amidine groups is 1. The van der Waals surface area contributed by atoms with E-state index in [9.17, 15) is 18.0 Å². The van der Waals surface area contributed by atoms with Crippen LogP contribution in [0.25, 0.3) is 0 Å². The summed E-state index contributed by atoms with van der Waals surface area (Å²) in [7, 11) is -2.20. The van der Waals surface area contributed by atoms with Crippen molar-refractivity contribution in [3.05, 3.63) is 54.1 Å². The number of benzene rings is 2. The van der Waals surface area contributed by atoms with Gasteiger partial charge in [0.25, 0.3) is 10.0 Å². The molecule has 2 aromatic rings. The summed E-state index contributed by atoms with van der Waals surface area (Å²) >= 11 is 0. The maximum absolute atomic E-state index is 13.1. The predicted octanol–water partition coefficient (Wildman–Crippen LogP) is 3.12. The van der Waals surface area contributed by atoms with E-state index in [4.69, 9.17) is 9.47 Å². The molecule has 0 fully saturated rings. The summed E-state index contributed by atoms with van der Waals surface area (Å²) in [6.45, 7) is 2.40. The SMILES string of the molecule is CCCCC(N=C1NS(=O)(=O)c2ccccc21)C(=O)Nc1cccc(NC(=O)OCCOC)c1. The van der Waals surface area contributed by atoms with Crippen molar-refractivity contribution in [1.29, 1.82) is 0 Å². The van der Waals surface area contributed by atoms with Crippen LogP contribution in [0.4, 0.5) is 16.2 Å². The lowest BCUT2D eigenvalue weighted by molar-refractivity contribution is -0.117. The molecule has 0 aromatic heterocycles. The molecular weight excluding hydrogens is 460 g/mol. The topological polar surface area (TPSA) is 135 Å².